The number of rotatable bonds is 1. The van der Waals surface area contributed by atoms with Crippen molar-refractivity contribution in [1.82, 2.24) is 14.6 Å². The summed E-state index contributed by atoms with van der Waals surface area (Å²) in [4.78, 5) is 4.51. The quantitative estimate of drug-likeness (QED) is 0.718. The van der Waals surface area contributed by atoms with E-state index in [-0.39, 0.29) is 0 Å². The first-order chi connectivity index (χ1) is 7.34. The fourth-order valence-corrected chi connectivity index (χ4v) is 2.09. The predicted octanol–water partition coefficient (Wildman–Crippen LogP) is 3.09. The van der Waals surface area contributed by atoms with Crippen LogP contribution in [0.3, 0.4) is 0 Å². The summed E-state index contributed by atoms with van der Waals surface area (Å²) >= 11 is 3.52. The molecule has 3 rings (SSSR count). The summed E-state index contributed by atoms with van der Waals surface area (Å²) in [5, 5.41) is 3.07. The van der Waals surface area contributed by atoms with Crippen molar-refractivity contribution in [1.29, 1.82) is 0 Å². The molecule has 2 heterocycles. The van der Waals surface area contributed by atoms with Gasteiger partial charge in [0.2, 0.25) is 0 Å². The van der Waals surface area contributed by atoms with Crippen LogP contribution >= 0.6 is 15.9 Å². The van der Waals surface area contributed by atoms with Gasteiger partial charge >= 0.3 is 0 Å². The van der Waals surface area contributed by atoms with Crippen molar-refractivity contribution in [2.75, 3.05) is 0 Å². The Morgan fingerprint density at radius 1 is 1.20 bits per heavy atom. The van der Waals surface area contributed by atoms with Crippen molar-refractivity contribution in [3.63, 3.8) is 0 Å². The SMILES string of the molecule is Brc1ccccc1-c1cn2[nH]ccc2n1. The number of aromatic nitrogens is 3. The van der Waals surface area contributed by atoms with Gasteiger partial charge in [-0.3, -0.25) is 0 Å². The third kappa shape index (κ3) is 1.37. The van der Waals surface area contributed by atoms with Crippen LogP contribution in [0, 0.1) is 0 Å². The van der Waals surface area contributed by atoms with Gasteiger partial charge in [0, 0.05) is 22.3 Å². The zero-order valence-electron chi connectivity index (χ0n) is 7.81. The minimum Gasteiger partial charge on any atom is -0.300 e. The largest absolute Gasteiger partial charge is 0.300 e. The summed E-state index contributed by atoms with van der Waals surface area (Å²) in [7, 11) is 0. The van der Waals surface area contributed by atoms with Gasteiger partial charge in [0.15, 0.2) is 5.65 Å². The first-order valence-electron chi connectivity index (χ1n) is 4.62. The van der Waals surface area contributed by atoms with E-state index in [1.807, 2.05) is 47.2 Å². The molecule has 3 aromatic rings. The number of halogens is 1. The van der Waals surface area contributed by atoms with E-state index < -0.39 is 0 Å². The Hall–Kier alpha value is -1.55. The van der Waals surface area contributed by atoms with Crippen LogP contribution in [0.25, 0.3) is 16.9 Å². The number of H-pyrrole nitrogens is 1. The molecule has 0 aliphatic heterocycles. The van der Waals surface area contributed by atoms with Crippen molar-refractivity contribution in [3.8, 4) is 11.3 Å². The smallest absolute Gasteiger partial charge is 0.153 e. The highest BCUT2D eigenvalue weighted by molar-refractivity contribution is 9.10. The molecule has 0 unspecified atom stereocenters. The molecule has 2 aromatic heterocycles. The van der Waals surface area contributed by atoms with Crippen molar-refractivity contribution < 1.29 is 0 Å². The van der Waals surface area contributed by atoms with Crippen molar-refractivity contribution in [2.24, 2.45) is 0 Å². The highest BCUT2D eigenvalue weighted by atomic mass is 79.9. The number of nitrogens with zero attached hydrogens (tertiary/aromatic N) is 2. The molecular weight excluding hydrogens is 254 g/mol. The lowest BCUT2D eigenvalue weighted by Gasteiger charge is -1.98. The second-order valence-corrected chi connectivity index (χ2v) is 4.15. The minimum atomic E-state index is 0.931. The fraction of sp³-hybridized carbons (Fsp3) is 0. The van der Waals surface area contributed by atoms with Gasteiger partial charge in [-0.2, -0.15) is 0 Å². The van der Waals surface area contributed by atoms with Crippen molar-refractivity contribution in [3.05, 3.63) is 47.2 Å². The van der Waals surface area contributed by atoms with Crippen LogP contribution in [-0.4, -0.2) is 14.6 Å². The third-order valence-electron chi connectivity index (χ3n) is 2.33. The van der Waals surface area contributed by atoms with Gasteiger partial charge in [-0.15, -0.1) is 0 Å². The van der Waals surface area contributed by atoms with Gasteiger partial charge in [0.1, 0.15) is 0 Å². The molecule has 0 aliphatic carbocycles. The zero-order chi connectivity index (χ0) is 10.3. The second-order valence-electron chi connectivity index (χ2n) is 3.30. The summed E-state index contributed by atoms with van der Waals surface area (Å²) in [5.41, 5.74) is 3.00. The molecule has 1 aromatic carbocycles. The zero-order valence-corrected chi connectivity index (χ0v) is 9.40. The van der Waals surface area contributed by atoms with E-state index in [0.29, 0.717) is 0 Å². The topological polar surface area (TPSA) is 33.1 Å². The lowest BCUT2D eigenvalue weighted by molar-refractivity contribution is 0.974. The number of nitrogens with one attached hydrogen (secondary N) is 1. The summed E-state index contributed by atoms with van der Waals surface area (Å²) < 4.78 is 2.96. The molecule has 0 radical (unpaired) electrons. The number of aromatic amines is 1. The predicted molar refractivity (Wildman–Crippen MR) is 62.7 cm³/mol. The summed E-state index contributed by atoms with van der Waals surface area (Å²) in [6, 6.07) is 10.0. The van der Waals surface area contributed by atoms with Crippen LogP contribution in [0.2, 0.25) is 0 Å². The average molecular weight is 262 g/mol. The standard InChI is InChI=1S/C11H8BrN3/c12-9-4-2-1-3-8(9)10-7-15-11(14-10)5-6-13-15/h1-7,13H. The molecule has 3 nitrogen and oxygen atoms in total. The van der Waals surface area contributed by atoms with Crippen LogP contribution in [0.4, 0.5) is 0 Å². The molecule has 4 heteroatoms. The molecular formula is C11H8BrN3. The van der Waals surface area contributed by atoms with E-state index in [4.69, 9.17) is 0 Å². The monoisotopic (exact) mass is 261 g/mol. The van der Waals surface area contributed by atoms with E-state index in [2.05, 4.69) is 26.0 Å². The van der Waals surface area contributed by atoms with Crippen molar-refractivity contribution >= 4 is 21.6 Å². The van der Waals surface area contributed by atoms with E-state index in [1.165, 1.54) is 0 Å². The number of imidazole rings is 1. The number of fused-ring (bicyclic) bond motifs is 1. The van der Waals surface area contributed by atoms with E-state index in [9.17, 15) is 0 Å². The Bertz CT molecular complexity index is 580. The van der Waals surface area contributed by atoms with Crippen LogP contribution in [0.1, 0.15) is 0 Å². The normalized spacial score (nSPS) is 11.0. The van der Waals surface area contributed by atoms with Crippen LogP contribution < -0.4 is 0 Å². The second kappa shape index (κ2) is 3.24. The maximum atomic E-state index is 4.51. The van der Waals surface area contributed by atoms with Gasteiger partial charge in [-0.05, 0) is 6.07 Å². The fourth-order valence-electron chi connectivity index (χ4n) is 1.61. The van der Waals surface area contributed by atoms with E-state index in [1.54, 1.807) is 0 Å². The summed E-state index contributed by atoms with van der Waals surface area (Å²) in [6.07, 6.45) is 3.85. The molecule has 0 saturated heterocycles. The molecule has 0 bridgehead atoms. The lowest BCUT2D eigenvalue weighted by atomic mass is 10.2. The van der Waals surface area contributed by atoms with Gasteiger partial charge in [-0.25, -0.2) is 9.50 Å². The van der Waals surface area contributed by atoms with Crippen LogP contribution in [-0.2, 0) is 0 Å². The molecule has 1 N–H and O–H groups in total. The van der Waals surface area contributed by atoms with Crippen LogP contribution in [0.5, 0.6) is 0 Å². The third-order valence-corrected chi connectivity index (χ3v) is 3.02. The maximum absolute atomic E-state index is 4.51. The van der Waals surface area contributed by atoms with Crippen molar-refractivity contribution in [2.45, 2.75) is 0 Å². The Labute approximate surface area is 94.9 Å². The van der Waals surface area contributed by atoms with E-state index >= 15 is 0 Å². The maximum Gasteiger partial charge on any atom is 0.153 e. The molecule has 15 heavy (non-hydrogen) atoms. The van der Waals surface area contributed by atoms with Gasteiger partial charge in [0.05, 0.1) is 11.9 Å². The number of benzene rings is 1. The summed E-state index contributed by atoms with van der Waals surface area (Å²) in [6.45, 7) is 0. The lowest BCUT2D eigenvalue weighted by Crippen LogP contribution is -1.79. The van der Waals surface area contributed by atoms with Crippen LogP contribution in [0.15, 0.2) is 47.2 Å². The Balaban J connectivity index is 2.22. The molecule has 0 saturated carbocycles. The molecule has 0 amide bonds. The first-order valence-corrected chi connectivity index (χ1v) is 5.41. The average Bonchev–Trinajstić information content (AvgIpc) is 2.77. The molecule has 0 aliphatic rings. The number of hydrogen-bond donors (Lipinski definition) is 1. The van der Waals surface area contributed by atoms with Gasteiger partial charge in [0.25, 0.3) is 0 Å². The molecule has 0 spiro atoms. The molecule has 74 valence electrons. The molecule has 0 fully saturated rings. The Kier molecular flexibility index (Phi) is 1.89. The summed E-state index contributed by atoms with van der Waals surface area (Å²) in [5.74, 6) is 0. The van der Waals surface area contributed by atoms with Gasteiger partial charge in [-0.1, -0.05) is 34.1 Å². The molecule has 0 atom stereocenters. The highest BCUT2D eigenvalue weighted by Crippen LogP contribution is 2.26. The number of hydrogen-bond acceptors (Lipinski definition) is 1. The minimum absolute atomic E-state index is 0.931. The first kappa shape index (κ1) is 8.73. The van der Waals surface area contributed by atoms with Gasteiger partial charge < -0.3 is 5.10 Å². The Morgan fingerprint density at radius 2 is 2.07 bits per heavy atom. The van der Waals surface area contributed by atoms with E-state index in [0.717, 1.165) is 21.4 Å². The highest BCUT2D eigenvalue weighted by Gasteiger charge is 2.06. The Morgan fingerprint density at radius 3 is 2.87 bits per heavy atom.